The SMILES string of the molecule is CCCCCCC/C=C\C/C=C\C/C=C\CCCCCCCCCCCCCCC(=O)OCC(COC(=O)CCCCCCCCCCCC)OC(=O)CCCCCCCCCCCCC/C=C\CCCCCCCCCC. The molecule has 0 aliphatic rings. The zero-order valence-electron chi connectivity index (χ0n) is 52.5. The smallest absolute Gasteiger partial charge is 0.306 e. The third-order valence-electron chi connectivity index (χ3n) is 15.6. The summed E-state index contributed by atoms with van der Waals surface area (Å²) in [5.41, 5.74) is 0. The second-order valence-electron chi connectivity index (χ2n) is 23.4. The Kier molecular flexibility index (Phi) is 64.6. The lowest BCUT2D eigenvalue weighted by molar-refractivity contribution is -0.167. The van der Waals surface area contributed by atoms with Gasteiger partial charge in [0, 0.05) is 19.3 Å². The van der Waals surface area contributed by atoms with Crippen molar-refractivity contribution in [3.63, 3.8) is 0 Å². The zero-order chi connectivity index (χ0) is 56.4. The maximum absolute atomic E-state index is 12.9. The van der Waals surface area contributed by atoms with Gasteiger partial charge in [0.05, 0.1) is 0 Å². The highest BCUT2D eigenvalue weighted by molar-refractivity contribution is 5.71. The van der Waals surface area contributed by atoms with Crippen molar-refractivity contribution in [3.05, 3.63) is 48.6 Å². The van der Waals surface area contributed by atoms with Crippen molar-refractivity contribution in [1.82, 2.24) is 0 Å². The van der Waals surface area contributed by atoms with E-state index in [4.69, 9.17) is 14.2 Å². The van der Waals surface area contributed by atoms with Gasteiger partial charge in [0.1, 0.15) is 13.2 Å². The number of allylic oxidation sites excluding steroid dienone is 8. The Morgan fingerprint density at radius 1 is 0.256 bits per heavy atom. The van der Waals surface area contributed by atoms with Gasteiger partial charge in [-0.1, -0.05) is 320 Å². The van der Waals surface area contributed by atoms with Crippen LogP contribution in [0, 0.1) is 0 Å². The Hall–Kier alpha value is -2.63. The van der Waals surface area contributed by atoms with E-state index < -0.39 is 6.10 Å². The number of carbonyl (C=O) groups excluding carboxylic acids is 3. The van der Waals surface area contributed by atoms with Gasteiger partial charge >= 0.3 is 17.9 Å². The van der Waals surface area contributed by atoms with Gasteiger partial charge in [0.25, 0.3) is 0 Å². The average Bonchev–Trinajstić information content (AvgIpc) is 3.44. The Balaban J connectivity index is 4.18. The van der Waals surface area contributed by atoms with Crippen LogP contribution in [0.25, 0.3) is 0 Å². The molecule has 6 nitrogen and oxygen atoms in total. The number of rotatable bonds is 64. The third kappa shape index (κ3) is 64.2. The first-order valence-corrected chi connectivity index (χ1v) is 34.6. The van der Waals surface area contributed by atoms with Crippen LogP contribution < -0.4 is 0 Å². The second-order valence-corrected chi connectivity index (χ2v) is 23.4. The summed E-state index contributed by atoms with van der Waals surface area (Å²) in [6.45, 7) is 6.67. The molecule has 0 bridgehead atoms. The van der Waals surface area contributed by atoms with E-state index in [1.165, 1.54) is 263 Å². The highest BCUT2D eigenvalue weighted by Gasteiger charge is 2.19. The molecule has 6 heteroatoms. The largest absolute Gasteiger partial charge is 0.462 e. The van der Waals surface area contributed by atoms with Crippen molar-refractivity contribution in [1.29, 1.82) is 0 Å². The van der Waals surface area contributed by atoms with Crippen LogP contribution in [0.5, 0.6) is 0 Å². The fourth-order valence-electron chi connectivity index (χ4n) is 10.3. The predicted molar refractivity (Wildman–Crippen MR) is 339 cm³/mol. The van der Waals surface area contributed by atoms with Crippen LogP contribution in [-0.2, 0) is 28.6 Å². The maximum atomic E-state index is 12.9. The average molecular weight is 1090 g/mol. The molecule has 0 saturated heterocycles. The molecule has 0 heterocycles. The van der Waals surface area contributed by atoms with Crippen LogP contribution in [0.3, 0.4) is 0 Å². The molecule has 0 aromatic rings. The summed E-state index contributed by atoms with van der Waals surface area (Å²) in [6.07, 6.45) is 84.3. The number of hydrogen-bond acceptors (Lipinski definition) is 6. The number of hydrogen-bond donors (Lipinski definition) is 0. The lowest BCUT2D eigenvalue weighted by Gasteiger charge is -2.18. The highest BCUT2D eigenvalue weighted by atomic mass is 16.6. The van der Waals surface area contributed by atoms with Gasteiger partial charge < -0.3 is 14.2 Å². The van der Waals surface area contributed by atoms with Crippen molar-refractivity contribution < 1.29 is 28.6 Å². The monoisotopic (exact) mass is 1090 g/mol. The first-order valence-electron chi connectivity index (χ1n) is 34.6. The van der Waals surface area contributed by atoms with Crippen LogP contribution in [0.4, 0.5) is 0 Å². The Labute approximate surface area is 486 Å². The predicted octanol–water partition coefficient (Wildman–Crippen LogP) is 23.7. The lowest BCUT2D eigenvalue weighted by Crippen LogP contribution is -2.30. The molecule has 0 radical (unpaired) electrons. The molecule has 78 heavy (non-hydrogen) atoms. The van der Waals surface area contributed by atoms with E-state index in [0.717, 1.165) is 70.6 Å². The van der Waals surface area contributed by atoms with Crippen LogP contribution in [-0.4, -0.2) is 37.2 Å². The first kappa shape index (κ1) is 75.4. The topological polar surface area (TPSA) is 78.9 Å². The zero-order valence-corrected chi connectivity index (χ0v) is 52.5. The molecule has 0 fully saturated rings. The molecule has 0 rings (SSSR count). The molecule has 1 atom stereocenters. The molecule has 0 aliphatic carbocycles. The molecule has 0 N–H and O–H groups in total. The van der Waals surface area contributed by atoms with Gasteiger partial charge in [-0.15, -0.1) is 0 Å². The summed E-state index contributed by atoms with van der Waals surface area (Å²) >= 11 is 0. The van der Waals surface area contributed by atoms with Gasteiger partial charge in [-0.25, -0.2) is 0 Å². The summed E-state index contributed by atoms with van der Waals surface area (Å²) in [5, 5.41) is 0. The Morgan fingerprint density at radius 3 is 0.731 bits per heavy atom. The van der Waals surface area contributed by atoms with Crippen molar-refractivity contribution in [2.45, 2.75) is 380 Å². The van der Waals surface area contributed by atoms with Gasteiger partial charge in [-0.3, -0.25) is 14.4 Å². The minimum atomic E-state index is -0.772. The molecule has 456 valence electrons. The first-order chi connectivity index (χ1) is 38.5. The van der Waals surface area contributed by atoms with Crippen LogP contribution in [0.1, 0.15) is 374 Å². The van der Waals surface area contributed by atoms with Gasteiger partial charge in [0.15, 0.2) is 6.10 Å². The number of carbonyl (C=O) groups is 3. The molecule has 0 saturated carbocycles. The molecule has 0 spiro atoms. The van der Waals surface area contributed by atoms with E-state index in [-0.39, 0.29) is 31.1 Å². The number of ether oxygens (including phenoxy) is 3. The fraction of sp³-hybridized carbons (Fsp3) is 0.847. The summed E-state index contributed by atoms with van der Waals surface area (Å²) in [5.74, 6) is -0.851. The Morgan fingerprint density at radius 2 is 0.462 bits per heavy atom. The Bertz CT molecular complexity index is 1350. The normalized spacial score (nSPS) is 12.3. The molecule has 0 aromatic carbocycles. The molecular formula is C72H132O6. The van der Waals surface area contributed by atoms with E-state index in [2.05, 4.69) is 69.4 Å². The van der Waals surface area contributed by atoms with E-state index >= 15 is 0 Å². The van der Waals surface area contributed by atoms with E-state index in [9.17, 15) is 14.4 Å². The maximum Gasteiger partial charge on any atom is 0.306 e. The van der Waals surface area contributed by atoms with E-state index in [0.29, 0.717) is 19.3 Å². The molecule has 0 aliphatic heterocycles. The van der Waals surface area contributed by atoms with Crippen LogP contribution in [0.15, 0.2) is 48.6 Å². The lowest BCUT2D eigenvalue weighted by atomic mass is 10.0. The highest BCUT2D eigenvalue weighted by Crippen LogP contribution is 2.18. The van der Waals surface area contributed by atoms with Gasteiger partial charge in [0.2, 0.25) is 0 Å². The van der Waals surface area contributed by atoms with Gasteiger partial charge in [-0.2, -0.15) is 0 Å². The fourth-order valence-corrected chi connectivity index (χ4v) is 10.3. The summed E-state index contributed by atoms with van der Waals surface area (Å²) in [6, 6.07) is 0. The second kappa shape index (κ2) is 66.9. The number of unbranched alkanes of at least 4 members (excludes halogenated alkanes) is 45. The van der Waals surface area contributed by atoms with Crippen molar-refractivity contribution >= 4 is 17.9 Å². The molecular weight excluding hydrogens is 961 g/mol. The van der Waals surface area contributed by atoms with Crippen LogP contribution in [0.2, 0.25) is 0 Å². The molecule has 0 amide bonds. The summed E-state index contributed by atoms with van der Waals surface area (Å²) < 4.78 is 16.9. The molecule has 0 aromatic heterocycles. The standard InChI is InChI=1S/C72H132O6/c1-4-7-10-13-16-19-22-24-26-28-30-32-34-35-36-37-39-40-42-44-46-48-50-53-56-59-62-65-71(74)77-68-69(67-76-70(73)64-61-58-55-52-21-18-15-12-9-6-3)78-72(75)66-63-60-57-54-51-49-47-45-43-41-38-33-31-29-27-25-23-20-17-14-11-8-5-2/h22,24,28-31,34-35,69H,4-21,23,25-27,32-33,36-68H2,1-3H3/b24-22-,30-28-,31-29-,35-34-. The van der Waals surface area contributed by atoms with E-state index in [1.807, 2.05) is 0 Å². The van der Waals surface area contributed by atoms with Crippen LogP contribution >= 0.6 is 0 Å². The van der Waals surface area contributed by atoms with Gasteiger partial charge in [-0.05, 0) is 83.5 Å². The molecule has 1 unspecified atom stereocenters. The number of esters is 3. The van der Waals surface area contributed by atoms with Crippen molar-refractivity contribution in [2.24, 2.45) is 0 Å². The van der Waals surface area contributed by atoms with Crippen molar-refractivity contribution in [2.75, 3.05) is 13.2 Å². The quantitative estimate of drug-likeness (QED) is 0.0261. The van der Waals surface area contributed by atoms with Crippen molar-refractivity contribution in [3.8, 4) is 0 Å². The third-order valence-corrected chi connectivity index (χ3v) is 15.6. The summed E-state index contributed by atoms with van der Waals surface area (Å²) in [7, 11) is 0. The minimum Gasteiger partial charge on any atom is -0.462 e. The van der Waals surface area contributed by atoms with E-state index in [1.54, 1.807) is 0 Å². The summed E-state index contributed by atoms with van der Waals surface area (Å²) in [4.78, 5) is 38.3. The minimum absolute atomic E-state index is 0.0695.